The van der Waals surface area contributed by atoms with Crippen molar-refractivity contribution in [1.82, 2.24) is 0 Å². The molecule has 0 radical (unpaired) electrons. The lowest BCUT2D eigenvalue weighted by Crippen LogP contribution is -2.15. The molecule has 0 saturated heterocycles. The third-order valence-corrected chi connectivity index (χ3v) is 3.53. The Morgan fingerprint density at radius 1 is 0.556 bits per heavy atom. The molecule has 0 amide bonds. The molecular weight excluding hydrogens is 380 g/mol. The molecule has 0 aromatic heterocycles. The van der Waals surface area contributed by atoms with Crippen molar-refractivity contribution in [2.45, 2.75) is 25.7 Å². The Kier molecular flexibility index (Phi) is 23.1. The van der Waals surface area contributed by atoms with E-state index in [1.165, 1.54) is 6.42 Å². The summed E-state index contributed by atoms with van der Waals surface area (Å²) in [6.45, 7) is 5.23. The van der Waals surface area contributed by atoms with Gasteiger partial charge in [0.1, 0.15) is 6.61 Å². The summed E-state index contributed by atoms with van der Waals surface area (Å²) in [5.41, 5.74) is 0. The van der Waals surface area contributed by atoms with Gasteiger partial charge in [-0.15, -0.1) is 11.6 Å². The minimum atomic E-state index is -0.985. The van der Waals surface area contributed by atoms with E-state index in [1.54, 1.807) is 0 Å². The average molecular weight is 415 g/mol. The summed E-state index contributed by atoms with van der Waals surface area (Å²) >= 11 is 5.61. The molecule has 162 valence electrons. The van der Waals surface area contributed by atoms with Gasteiger partial charge in [-0.2, -0.15) is 0 Å². The standard InChI is InChI=1S/C18H35ClO8/c19-5-3-1-2-4-6-22-7-8-23-9-10-24-11-12-25-13-14-26-15-16-27-17-18(20)21/h1-17H2,(H,20,21). The van der Waals surface area contributed by atoms with Crippen molar-refractivity contribution in [2.75, 3.05) is 85.2 Å². The van der Waals surface area contributed by atoms with Gasteiger partial charge in [0.05, 0.1) is 66.1 Å². The van der Waals surface area contributed by atoms with E-state index in [9.17, 15) is 4.79 Å². The first-order chi connectivity index (χ1) is 13.3. The molecule has 0 atom stereocenters. The molecule has 0 saturated carbocycles. The predicted octanol–water partition coefficient (Wildman–Crippen LogP) is 1.97. The van der Waals surface area contributed by atoms with Gasteiger partial charge < -0.3 is 33.5 Å². The molecule has 0 heterocycles. The third-order valence-electron chi connectivity index (χ3n) is 3.26. The number of hydrogen-bond donors (Lipinski definition) is 1. The number of unbranched alkanes of at least 4 members (excludes halogenated alkanes) is 3. The van der Waals surface area contributed by atoms with Crippen LogP contribution in [-0.4, -0.2) is 96.2 Å². The molecule has 0 aliphatic carbocycles. The molecule has 27 heavy (non-hydrogen) atoms. The zero-order chi connectivity index (χ0) is 19.8. The Labute approximate surface area is 167 Å². The molecule has 0 rings (SSSR count). The number of alkyl halides is 1. The Morgan fingerprint density at radius 3 is 1.33 bits per heavy atom. The van der Waals surface area contributed by atoms with Crippen LogP contribution in [0.4, 0.5) is 0 Å². The van der Waals surface area contributed by atoms with Crippen LogP contribution in [0, 0.1) is 0 Å². The summed E-state index contributed by atoms with van der Waals surface area (Å²) in [4.78, 5) is 10.2. The van der Waals surface area contributed by atoms with Crippen molar-refractivity contribution in [3.8, 4) is 0 Å². The lowest BCUT2D eigenvalue weighted by molar-refractivity contribution is -0.142. The van der Waals surface area contributed by atoms with E-state index in [2.05, 4.69) is 0 Å². The number of carboxylic acids is 1. The van der Waals surface area contributed by atoms with E-state index in [-0.39, 0.29) is 13.2 Å². The number of ether oxygens (including phenoxy) is 6. The summed E-state index contributed by atoms with van der Waals surface area (Å²) in [6, 6.07) is 0. The molecular formula is C18H35ClO8. The van der Waals surface area contributed by atoms with Crippen LogP contribution in [0.25, 0.3) is 0 Å². The fourth-order valence-corrected chi connectivity index (χ4v) is 2.10. The van der Waals surface area contributed by atoms with E-state index in [0.29, 0.717) is 59.5 Å². The van der Waals surface area contributed by atoms with Gasteiger partial charge in [-0.1, -0.05) is 12.8 Å². The Morgan fingerprint density at radius 2 is 0.926 bits per heavy atom. The van der Waals surface area contributed by atoms with Crippen LogP contribution in [-0.2, 0) is 33.2 Å². The number of carboxylic acid groups (broad SMARTS) is 1. The normalized spacial score (nSPS) is 11.1. The van der Waals surface area contributed by atoms with Crippen LogP contribution in [0.15, 0.2) is 0 Å². The zero-order valence-corrected chi connectivity index (χ0v) is 17.0. The lowest BCUT2D eigenvalue weighted by atomic mass is 10.2. The molecule has 0 fully saturated rings. The van der Waals surface area contributed by atoms with E-state index < -0.39 is 5.97 Å². The summed E-state index contributed by atoms with van der Waals surface area (Å²) < 4.78 is 31.6. The highest BCUT2D eigenvalue weighted by Crippen LogP contribution is 2.01. The number of rotatable bonds is 23. The number of halogens is 1. The molecule has 0 unspecified atom stereocenters. The van der Waals surface area contributed by atoms with Crippen LogP contribution in [0.1, 0.15) is 25.7 Å². The first-order valence-electron chi connectivity index (χ1n) is 9.51. The lowest BCUT2D eigenvalue weighted by Gasteiger charge is -2.08. The Bertz CT molecular complexity index is 307. The van der Waals surface area contributed by atoms with E-state index >= 15 is 0 Å². The highest BCUT2D eigenvalue weighted by molar-refractivity contribution is 6.17. The maximum absolute atomic E-state index is 10.2. The van der Waals surface area contributed by atoms with Crippen LogP contribution >= 0.6 is 11.6 Å². The monoisotopic (exact) mass is 414 g/mol. The highest BCUT2D eigenvalue weighted by atomic mass is 35.5. The number of aliphatic carboxylic acids is 1. The van der Waals surface area contributed by atoms with Crippen molar-refractivity contribution < 1.29 is 38.3 Å². The first-order valence-corrected chi connectivity index (χ1v) is 10.0. The quantitative estimate of drug-likeness (QED) is 0.200. The SMILES string of the molecule is O=C(O)COCCOCCOCCOCCOCCOCCCCCCCl. The van der Waals surface area contributed by atoms with Crippen molar-refractivity contribution in [2.24, 2.45) is 0 Å². The van der Waals surface area contributed by atoms with Gasteiger partial charge in [0.15, 0.2) is 0 Å². The second kappa shape index (κ2) is 23.6. The van der Waals surface area contributed by atoms with E-state index in [0.717, 1.165) is 31.7 Å². The first kappa shape index (κ1) is 26.5. The number of carbonyl (C=O) groups is 1. The smallest absolute Gasteiger partial charge is 0.329 e. The van der Waals surface area contributed by atoms with Gasteiger partial charge in [-0.3, -0.25) is 0 Å². The molecule has 1 N–H and O–H groups in total. The maximum Gasteiger partial charge on any atom is 0.329 e. The van der Waals surface area contributed by atoms with Gasteiger partial charge in [0, 0.05) is 12.5 Å². The molecule has 0 aromatic rings. The zero-order valence-electron chi connectivity index (χ0n) is 16.2. The summed E-state index contributed by atoms with van der Waals surface area (Å²) in [6.07, 6.45) is 4.48. The van der Waals surface area contributed by atoms with Gasteiger partial charge in [-0.05, 0) is 12.8 Å². The van der Waals surface area contributed by atoms with Crippen LogP contribution in [0.5, 0.6) is 0 Å². The van der Waals surface area contributed by atoms with Crippen molar-refractivity contribution >= 4 is 17.6 Å². The van der Waals surface area contributed by atoms with E-state index in [1.807, 2.05) is 0 Å². The largest absolute Gasteiger partial charge is 0.480 e. The van der Waals surface area contributed by atoms with Gasteiger partial charge >= 0.3 is 5.97 Å². The molecule has 0 aliphatic heterocycles. The molecule has 0 aliphatic rings. The molecule has 0 aromatic carbocycles. The van der Waals surface area contributed by atoms with Crippen molar-refractivity contribution in [1.29, 1.82) is 0 Å². The minimum absolute atomic E-state index is 0.259. The Balaban J connectivity index is 2.98. The molecule has 8 nitrogen and oxygen atoms in total. The maximum atomic E-state index is 10.2. The van der Waals surface area contributed by atoms with Crippen LogP contribution in [0.2, 0.25) is 0 Å². The van der Waals surface area contributed by atoms with Gasteiger partial charge in [0.25, 0.3) is 0 Å². The summed E-state index contributed by atoms with van der Waals surface area (Å²) in [5, 5.41) is 8.36. The fraction of sp³-hybridized carbons (Fsp3) is 0.944. The van der Waals surface area contributed by atoms with Crippen molar-refractivity contribution in [3.63, 3.8) is 0 Å². The topological polar surface area (TPSA) is 92.7 Å². The average Bonchev–Trinajstić information content (AvgIpc) is 2.65. The van der Waals surface area contributed by atoms with Crippen molar-refractivity contribution in [3.05, 3.63) is 0 Å². The van der Waals surface area contributed by atoms with Gasteiger partial charge in [-0.25, -0.2) is 4.79 Å². The van der Waals surface area contributed by atoms with Gasteiger partial charge in [0.2, 0.25) is 0 Å². The fourth-order valence-electron chi connectivity index (χ4n) is 1.91. The highest BCUT2D eigenvalue weighted by Gasteiger charge is 1.96. The van der Waals surface area contributed by atoms with E-state index in [4.69, 9.17) is 45.1 Å². The minimum Gasteiger partial charge on any atom is -0.480 e. The second-order valence-electron chi connectivity index (χ2n) is 5.61. The second-order valence-corrected chi connectivity index (χ2v) is 5.99. The predicted molar refractivity (Wildman–Crippen MR) is 102 cm³/mol. The molecule has 0 bridgehead atoms. The summed E-state index contributed by atoms with van der Waals surface area (Å²) in [7, 11) is 0. The molecule has 9 heteroatoms. The summed E-state index contributed by atoms with van der Waals surface area (Å²) in [5.74, 6) is -0.244. The van der Waals surface area contributed by atoms with Crippen LogP contribution in [0.3, 0.4) is 0 Å². The Hall–Kier alpha value is -0.480. The number of hydrogen-bond acceptors (Lipinski definition) is 7. The van der Waals surface area contributed by atoms with Crippen LogP contribution < -0.4 is 0 Å². The molecule has 0 spiro atoms. The third kappa shape index (κ3) is 25.5.